The smallest absolute Gasteiger partial charge is 0.257 e. The molecule has 1 aromatic heterocycles. The number of benzene rings is 2. The fourth-order valence-corrected chi connectivity index (χ4v) is 3.22. The van der Waals surface area contributed by atoms with E-state index < -0.39 is 0 Å². The van der Waals surface area contributed by atoms with E-state index in [9.17, 15) is 4.39 Å². The second-order valence-corrected chi connectivity index (χ2v) is 6.26. The molecule has 0 bridgehead atoms. The van der Waals surface area contributed by atoms with Crippen molar-refractivity contribution < 1.29 is 27.8 Å². The van der Waals surface area contributed by atoms with Crippen molar-refractivity contribution in [3.63, 3.8) is 0 Å². The maximum absolute atomic E-state index is 13.4. The Bertz CT molecular complexity index is 979. The minimum Gasteiger partial charge on any atom is -0.493 e. The highest BCUT2D eigenvalue weighted by Gasteiger charge is 2.27. The molecule has 0 aliphatic carbocycles. The molecule has 1 atom stereocenters. The summed E-state index contributed by atoms with van der Waals surface area (Å²) < 4.78 is 41.2. The van der Waals surface area contributed by atoms with E-state index in [4.69, 9.17) is 23.4 Å². The molecule has 0 amide bonds. The Hall–Kier alpha value is -3.29. The zero-order valence-electron chi connectivity index (χ0n) is 15.7. The second-order valence-electron chi connectivity index (χ2n) is 6.26. The molecule has 146 valence electrons. The lowest BCUT2D eigenvalue weighted by Gasteiger charge is -2.23. The Morgan fingerprint density at radius 1 is 1.00 bits per heavy atom. The van der Waals surface area contributed by atoms with Crippen molar-refractivity contribution in [1.82, 2.24) is 10.2 Å². The predicted octanol–water partition coefficient (Wildman–Crippen LogP) is 3.97. The molecule has 8 heteroatoms. The van der Waals surface area contributed by atoms with E-state index in [1.165, 1.54) is 33.5 Å². The van der Waals surface area contributed by atoms with Crippen LogP contribution in [0.3, 0.4) is 0 Å². The minimum absolute atomic E-state index is 0.275. The number of hydrogen-bond donors (Lipinski definition) is 0. The molecule has 0 spiro atoms. The monoisotopic (exact) mass is 386 g/mol. The van der Waals surface area contributed by atoms with Gasteiger partial charge in [-0.1, -0.05) is 0 Å². The van der Waals surface area contributed by atoms with Gasteiger partial charge in [0.2, 0.25) is 11.6 Å². The fraction of sp³-hybridized carbons (Fsp3) is 0.300. The third-order valence-electron chi connectivity index (χ3n) is 4.60. The van der Waals surface area contributed by atoms with Crippen LogP contribution in [0.1, 0.15) is 24.0 Å². The normalized spacial score (nSPS) is 15.5. The zero-order chi connectivity index (χ0) is 19.7. The number of halogens is 1. The van der Waals surface area contributed by atoms with Gasteiger partial charge in [-0.3, -0.25) is 0 Å². The van der Waals surface area contributed by atoms with Crippen LogP contribution in [0.25, 0.3) is 11.5 Å². The van der Waals surface area contributed by atoms with Gasteiger partial charge in [0.1, 0.15) is 11.6 Å². The van der Waals surface area contributed by atoms with Crippen LogP contribution < -0.4 is 18.9 Å². The summed E-state index contributed by atoms with van der Waals surface area (Å²) in [4.78, 5) is 0. The van der Waals surface area contributed by atoms with Gasteiger partial charge in [0.05, 0.1) is 21.3 Å². The topological polar surface area (TPSA) is 75.8 Å². The van der Waals surface area contributed by atoms with Crippen LogP contribution in [0.15, 0.2) is 34.7 Å². The molecular weight excluding hydrogens is 367 g/mol. The molecule has 28 heavy (non-hydrogen) atoms. The summed E-state index contributed by atoms with van der Waals surface area (Å²) in [6, 6.07) is 7.95. The highest BCUT2D eigenvalue weighted by Crippen LogP contribution is 2.41. The van der Waals surface area contributed by atoms with Crippen LogP contribution >= 0.6 is 0 Å². The van der Waals surface area contributed by atoms with Crippen LogP contribution in [0.5, 0.6) is 23.0 Å². The van der Waals surface area contributed by atoms with Gasteiger partial charge in [0, 0.05) is 5.56 Å². The summed E-state index contributed by atoms with van der Waals surface area (Å²) in [5, 5.41) is 8.26. The van der Waals surface area contributed by atoms with E-state index in [0.29, 0.717) is 53.2 Å². The van der Waals surface area contributed by atoms with Gasteiger partial charge in [0.15, 0.2) is 17.6 Å². The molecule has 7 nitrogen and oxygen atoms in total. The lowest BCUT2D eigenvalue weighted by atomic mass is 10.0. The fourth-order valence-electron chi connectivity index (χ4n) is 3.22. The first-order chi connectivity index (χ1) is 13.6. The highest BCUT2D eigenvalue weighted by molar-refractivity contribution is 5.65. The Balaban J connectivity index is 1.62. The largest absolute Gasteiger partial charge is 0.493 e. The zero-order valence-corrected chi connectivity index (χ0v) is 15.7. The Morgan fingerprint density at radius 3 is 2.43 bits per heavy atom. The maximum Gasteiger partial charge on any atom is 0.257 e. The number of hydrogen-bond acceptors (Lipinski definition) is 7. The third kappa shape index (κ3) is 3.21. The molecule has 2 aromatic carbocycles. The van der Waals surface area contributed by atoms with E-state index in [2.05, 4.69) is 10.2 Å². The Kier molecular flexibility index (Phi) is 4.77. The Labute approximate surface area is 161 Å². The van der Waals surface area contributed by atoms with Crippen LogP contribution in [0.4, 0.5) is 4.39 Å². The van der Waals surface area contributed by atoms with Crippen molar-refractivity contribution in [3.8, 4) is 34.5 Å². The van der Waals surface area contributed by atoms with Crippen molar-refractivity contribution in [3.05, 3.63) is 47.6 Å². The number of rotatable bonds is 5. The lowest BCUT2D eigenvalue weighted by molar-refractivity contribution is 0.144. The first kappa shape index (κ1) is 18.1. The summed E-state index contributed by atoms with van der Waals surface area (Å²) >= 11 is 0. The number of methoxy groups -OCH3 is 3. The van der Waals surface area contributed by atoms with E-state index in [1.807, 2.05) is 0 Å². The van der Waals surface area contributed by atoms with E-state index in [-0.39, 0.29) is 11.9 Å². The SMILES string of the molecule is COc1cc(-c2nnc(C3CCc4cc(F)ccc4O3)o2)cc(OC)c1OC. The van der Waals surface area contributed by atoms with Crippen LogP contribution in [-0.2, 0) is 6.42 Å². The number of fused-ring (bicyclic) bond motifs is 1. The number of aryl methyl sites for hydroxylation is 1. The van der Waals surface area contributed by atoms with Gasteiger partial charge in [-0.15, -0.1) is 10.2 Å². The average molecular weight is 386 g/mol. The standard InChI is InChI=1S/C20H19FN2O5/c1-24-16-9-12(10-17(25-2)18(16)26-3)19-22-23-20(28-19)15-6-4-11-8-13(21)5-7-14(11)27-15/h5,7-10,15H,4,6H2,1-3H3. The molecule has 1 unspecified atom stereocenters. The summed E-state index contributed by atoms with van der Waals surface area (Å²) in [6.45, 7) is 0. The lowest BCUT2D eigenvalue weighted by Crippen LogP contribution is -2.15. The number of nitrogens with zero attached hydrogens (tertiary/aromatic N) is 2. The molecule has 3 aromatic rings. The molecule has 1 aliphatic rings. The average Bonchev–Trinajstić information content (AvgIpc) is 3.22. The molecule has 0 fully saturated rings. The van der Waals surface area contributed by atoms with Gasteiger partial charge in [-0.05, 0) is 48.7 Å². The quantitative estimate of drug-likeness (QED) is 0.657. The first-order valence-electron chi connectivity index (χ1n) is 8.71. The van der Waals surface area contributed by atoms with Gasteiger partial charge >= 0.3 is 0 Å². The molecule has 4 rings (SSSR count). The van der Waals surface area contributed by atoms with Crippen molar-refractivity contribution in [2.45, 2.75) is 18.9 Å². The van der Waals surface area contributed by atoms with E-state index in [0.717, 1.165) is 5.56 Å². The van der Waals surface area contributed by atoms with Crippen molar-refractivity contribution in [2.24, 2.45) is 0 Å². The number of aromatic nitrogens is 2. The second kappa shape index (κ2) is 7.38. The van der Waals surface area contributed by atoms with Gasteiger partial charge < -0.3 is 23.4 Å². The van der Waals surface area contributed by atoms with Crippen molar-refractivity contribution in [2.75, 3.05) is 21.3 Å². The van der Waals surface area contributed by atoms with Gasteiger partial charge in [-0.25, -0.2) is 4.39 Å². The summed E-state index contributed by atoms with van der Waals surface area (Å²) in [7, 11) is 4.61. The summed E-state index contributed by atoms with van der Waals surface area (Å²) in [6.07, 6.45) is 0.897. The maximum atomic E-state index is 13.4. The van der Waals surface area contributed by atoms with E-state index >= 15 is 0 Å². The predicted molar refractivity (Wildman–Crippen MR) is 97.5 cm³/mol. The van der Waals surface area contributed by atoms with Crippen LogP contribution in [0, 0.1) is 5.82 Å². The molecule has 2 heterocycles. The Morgan fingerprint density at radius 2 is 1.75 bits per heavy atom. The number of ether oxygens (including phenoxy) is 4. The first-order valence-corrected chi connectivity index (χ1v) is 8.71. The molecule has 0 saturated carbocycles. The van der Waals surface area contributed by atoms with Crippen LogP contribution in [-0.4, -0.2) is 31.5 Å². The van der Waals surface area contributed by atoms with Crippen LogP contribution in [0.2, 0.25) is 0 Å². The van der Waals surface area contributed by atoms with Crippen molar-refractivity contribution in [1.29, 1.82) is 0 Å². The van der Waals surface area contributed by atoms with Gasteiger partial charge in [0.25, 0.3) is 5.89 Å². The molecule has 1 aliphatic heterocycles. The van der Waals surface area contributed by atoms with E-state index in [1.54, 1.807) is 18.2 Å². The minimum atomic E-state index is -0.388. The highest BCUT2D eigenvalue weighted by atomic mass is 19.1. The summed E-state index contributed by atoms with van der Waals surface area (Å²) in [5.74, 6) is 2.48. The third-order valence-corrected chi connectivity index (χ3v) is 4.60. The summed E-state index contributed by atoms with van der Waals surface area (Å²) in [5.41, 5.74) is 1.46. The molecule has 0 N–H and O–H groups in total. The molecule has 0 radical (unpaired) electrons. The van der Waals surface area contributed by atoms with Crippen molar-refractivity contribution >= 4 is 0 Å². The van der Waals surface area contributed by atoms with Gasteiger partial charge in [-0.2, -0.15) is 0 Å². The molecular formula is C20H19FN2O5. The molecule has 0 saturated heterocycles.